The van der Waals surface area contributed by atoms with Crippen molar-refractivity contribution in [3.63, 3.8) is 0 Å². The van der Waals surface area contributed by atoms with E-state index >= 15 is 0 Å². The van der Waals surface area contributed by atoms with E-state index in [1.165, 1.54) is 22.6 Å². The third kappa shape index (κ3) is 4.41. The molecule has 0 bridgehead atoms. The first-order valence-corrected chi connectivity index (χ1v) is 10.1. The van der Waals surface area contributed by atoms with Crippen molar-refractivity contribution in [1.82, 2.24) is 9.47 Å². The number of para-hydroxylation sites is 1. The van der Waals surface area contributed by atoms with Crippen LogP contribution in [0.15, 0.2) is 29.5 Å². The van der Waals surface area contributed by atoms with Crippen molar-refractivity contribution in [2.75, 3.05) is 38.4 Å². The first-order chi connectivity index (χ1) is 14.8. The van der Waals surface area contributed by atoms with E-state index in [1.807, 2.05) is 0 Å². The molecule has 1 aliphatic carbocycles. The number of aromatic nitrogens is 1. The zero-order valence-electron chi connectivity index (χ0n) is 18.3. The molecule has 0 fully saturated rings. The van der Waals surface area contributed by atoms with Gasteiger partial charge in [-0.1, -0.05) is 6.07 Å². The van der Waals surface area contributed by atoms with Crippen LogP contribution in [-0.2, 0) is 11.8 Å². The Hall–Kier alpha value is -3.33. The Labute approximate surface area is 181 Å². The maximum Gasteiger partial charge on any atom is 0.257 e. The normalized spacial score (nSPS) is 13.9. The molecule has 2 aromatic rings. The lowest BCUT2D eigenvalue weighted by molar-refractivity contribution is 0.0824. The van der Waals surface area contributed by atoms with E-state index in [0.717, 1.165) is 37.0 Å². The summed E-state index contributed by atoms with van der Waals surface area (Å²) in [7, 11) is 6.36. The van der Waals surface area contributed by atoms with Crippen LogP contribution < -0.4 is 10.6 Å². The third-order valence-electron chi connectivity index (χ3n) is 5.44. The minimum Gasteiger partial charge on any atom is -0.505 e. The first kappa shape index (κ1) is 22.4. The molecule has 1 aliphatic rings. The number of anilines is 3. The molecule has 0 radical (unpaired) electrons. The van der Waals surface area contributed by atoms with Gasteiger partial charge in [-0.15, -0.1) is 0 Å². The number of benzene rings is 1. The van der Waals surface area contributed by atoms with Crippen molar-refractivity contribution in [1.29, 1.82) is 0 Å². The van der Waals surface area contributed by atoms with Crippen LogP contribution in [0.4, 0.5) is 17.1 Å². The molecule has 1 heterocycles. The molecule has 0 aliphatic heterocycles. The van der Waals surface area contributed by atoms with Crippen LogP contribution in [0, 0.1) is 0 Å². The van der Waals surface area contributed by atoms with Crippen LogP contribution in [-0.4, -0.2) is 58.5 Å². The number of methoxy groups -OCH3 is 1. The molecule has 0 saturated carbocycles. The van der Waals surface area contributed by atoms with Gasteiger partial charge < -0.3 is 35.6 Å². The van der Waals surface area contributed by atoms with Gasteiger partial charge in [0.1, 0.15) is 11.4 Å². The van der Waals surface area contributed by atoms with E-state index in [0.29, 0.717) is 6.61 Å². The van der Waals surface area contributed by atoms with Gasteiger partial charge in [-0.25, -0.2) is 0 Å². The molecule has 9 heteroatoms. The predicted molar refractivity (Wildman–Crippen MR) is 119 cm³/mol. The maximum absolute atomic E-state index is 12.3. The summed E-state index contributed by atoms with van der Waals surface area (Å²) in [6, 6.07) is 4.74. The molecule has 31 heavy (non-hydrogen) atoms. The zero-order valence-corrected chi connectivity index (χ0v) is 18.3. The van der Waals surface area contributed by atoms with Crippen LogP contribution >= 0.6 is 0 Å². The number of phenols is 1. The number of hydrogen-bond acceptors (Lipinski definition) is 7. The smallest absolute Gasteiger partial charge is 0.257 e. The minimum absolute atomic E-state index is 0.126. The molecule has 9 nitrogen and oxygen atoms in total. The molecule has 0 unspecified atom stereocenters. The van der Waals surface area contributed by atoms with Gasteiger partial charge in [0.25, 0.3) is 5.91 Å². The molecular weight excluding hydrogens is 400 g/mol. The van der Waals surface area contributed by atoms with Gasteiger partial charge in [0.2, 0.25) is 11.8 Å². The monoisotopic (exact) mass is 430 g/mol. The predicted octanol–water partition coefficient (Wildman–Crippen LogP) is 3.47. The number of nitrogens with one attached hydrogen (secondary N) is 2. The summed E-state index contributed by atoms with van der Waals surface area (Å²) >= 11 is 0. The van der Waals surface area contributed by atoms with Crippen molar-refractivity contribution in [3.05, 3.63) is 35.0 Å². The molecule has 1 aromatic heterocycles. The lowest BCUT2D eigenvalue weighted by atomic mass is 9.96. The summed E-state index contributed by atoms with van der Waals surface area (Å²) in [6.07, 6.45) is 3.77. The first-order valence-electron chi connectivity index (χ1n) is 10.1. The van der Waals surface area contributed by atoms with Gasteiger partial charge in [-0.2, -0.15) is 0 Å². The molecule has 0 spiro atoms. The average molecular weight is 431 g/mol. The lowest BCUT2D eigenvalue weighted by Gasteiger charge is -2.22. The van der Waals surface area contributed by atoms with Crippen molar-refractivity contribution in [2.24, 2.45) is 7.05 Å². The van der Waals surface area contributed by atoms with E-state index in [9.17, 15) is 20.1 Å². The standard InChI is InChI=1S/C22H30N4O5/c1-25(2)20(28)14-9-7-11-16(19(14)27)24-18-17(21(29)26(3)22(18)30)23-15-10-6-5-8-13(15)12-31-4/h7,9,11,23-24,27,29-30H,5-6,8,10,12H2,1-4H3. The fourth-order valence-corrected chi connectivity index (χ4v) is 3.69. The fraction of sp³-hybridized carbons (Fsp3) is 0.409. The number of ether oxygens (including phenoxy) is 1. The molecule has 1 aromatic carbocycles. The van der Waals surface area contributed by atoms with Gasteiger partial charge in [0.05, 0.1) is 17.9 Å². The summed E-state index contributed by atoms with van der Waals surface area (Å²) < 4.78 is 6.54. The molecular formula is C22H30N4O5. The number of hydrogen-bond donors (Lipinski definition) is 5. The summed E-state index contributed by atoms with van der Waals surface area (Å²) in [6.45, 7) is 0.486. The molecule has 0 atom stereocenters. The van der Waals surface area contributed by atoms with Crippen LogP contribution in [0.25, 0.3) is 0 Å². The summed E-state index contributed by atoms with van der Waals surface area (Å²) in [5.74, 6) is -0.966. The molecule has 168 valence electrons. The number of carbonyl (C=O) groups excluding carboxylic acids is 1. The Morgan fingerprint density at radius 2 is 1.74 bits per heavy atom. The second kappa shape index (κ2) is 9.22. The molecule has 5 N–H and O–H groups in total. The highest BCUT2D eigenvalue weighted by molar-refractivity contribution is 5.99. The number of nitrogens with zero attached hydrogens (tertiary/aromatic N) is 2. The van der Waals surface area contributed by atoms with Crippen molar-refractivity contribution >= 4 is 23.0 Å². The topological polar surface area (TPSA) is 119 Å². The Morgan fingerprint density at radius 3 is 2.39 bits per heavy atom. The van der Waals surface area contributed by atoms with E-state index < -0.39 is 0 Å². The van der Waals surface area contributed by atoms with Crippen molar-refractivity contribution in [2.45, 2.75) is 25.7 Å². The molecule has 3 rings (SSSR count). The van der Waals surface area contributed by atoms with Crippen LogP contribution in [0.1, 0.15) is 36.0 Å². The molecule has 1 amide bonds. The van der Waals surface area contributed by atoms with Crippen LogP contribution in [0.2, 0.25) is 0 Å². The van der Waals surface area contributed by atoms with E-state index in [2.05, 4.69) is 10.6 Å². The van der Waals surface area contributed by atoms with E-state index in [-0.39, 0.29) is 46.0 Å². The summed E-state index contributed by atoms with van der Waals surface area (Å²) in [4.78, 5) is 13.7. The number of aromatic hydroxyl groups is 3. The van der Waals surface area contributed by atoms with Gasteiger partial charge in [-0.05, 0) is 43.4 Å². The van der Waals surface area contributed by atoms with Gasteiger partial charge in [-0.3, -0.25) is 9.36 Å². The minimum atomic E-state index is -0.351. The number of carbonyl (C=O) groups is 1. The fourth-order valence-electron chi connectivity index (χ4n) is 3.69. The highest BCUT2D eigenvalue weighted by Crippen LogP contribution is 2.46. The van der Waals surface area contributed by atoms with Crippen LogP contribution in [0.3, 0.4) is 0 Å². The largest absolute Gasteiger partial charge is 0.505 e. The SMILES string of the molecule is COCC1=C(Nc2c(Nc3cccc(C(=O)N(C)C)c3O)c(O)n(C)c2O)CCCC1. The zero-order chi connectivity index (χ0) is 22.7. The molecule has 0 saturated heterocycles. The third-order valence-corrected chi connectivity index (χ3v) is 5.44. The van der Waals surface area contributed by atoms with Gasteiger partial charge in [0.15, 0.2) is 5.75 Å². The highest BCUT2D eigenvalue weighted by atomic mass is 16.5. The second-order valence-corrected chi connectivity index (χ2v) is 7.83. The Kier molecular flexibility index (Phi) is 6.65. The Morgan fingerprint density at radius 1 is 1.10 bits per heavy atom. The van der Waals surface area contributed by atoms with Crippen molar-refractivity contribution in [3.8, 4) is 17.5 Å². The summed E-state index contributed by atoms with van der Waals surface area (Å²) in [5.41, 5.74) is 2.89. The number of rotatable bonds is 7. The number of phenolic OH excluding ortho intramolecular Hbond substituents is 1. The maximum atomic E-state index is 12.3. The Bertz CT molecular complexity index is 1010. The quantitative estimate of drug-likeness (QED) is 0.427. The Balaban J connectivity index is 2.01. The average Bonchev–Trinajstić information content (AvgIpc) is 2.94. The number of allylic oxidation sites excluding steroid dienone is 1. The highest BCUT2D eigenvalue weighted by Gasteiger charge is 2.25. The van der Waals surface area contributed by atoms with E-state index in [4.69, 9.17) is 4.74 Å². The van der Waals surface area contributed by atoms with Crippen molar-refractivity contribution < 1.29 is 24.9 Å². The number of amides is 1. The van der Waals surface area contributed by atoms with Crippen LogP contribution in [0.5, 0.6) is 17.5 Å². The second-order valence-electron chi connectivity index (χ2n) is 7.83. The van der Waals surface area contributed by atoms with E-state index in [1.54, 1.807) is 33.3 Å². The van der Waals surface area contributed by atoms with Gasteiger partial charge in [0, 0.05) is 33.9 Å². The summed E-state index contributed by atoms with van der Waals surface area (Å²) in [5, 5.41) is 38.1. The lowest BCUT2D eigenvalue weighted by Crippen LogP contribution is -2.21. The van der Waals surface area contributed by atoms with Gasteiger partial charge >= 0.3 is 0 Å².